The summed E-state index contributed by atoms with van der Waals surface area (Å²) in [6, 6.07) is 14.1. The van der Waals surface area contributed by atoms with Crippen molar-refractivity contribution in [3.63, 3.8) is 0 Å². The first kappa shape index (κ1) is 16.2. The first-order valence-electron chi connectivity index (χ1n) is 9.20. The Bertz CT molecular complexity index is 1020. The van der Waals surface area contributed by atoms with Crippen LogP contribution in [0, 0.1) is 0 Å². The van der Waals surface area contributed by atoms with E-state index in [0.29, 0.717) is 32.5 Å². The second kappa shape index (κ2) is 6.03. The molecule has 0 unspecified atom stereocenters. The van der Waals surface area contributed by atoms with Crippen LogP contribution in [0.25, 0.3) is 22.0 Å². The highest BCUT2D eigenvalue weighted by Gasteiger charge is 2.41. The minimum absolute atomic E-state index is 0.385. The van der Waals surface area contributed by atoms with Crippen molar-refractivity contribution in [2.75, 3.05) is 13.1 Å². The molecule has 138 valence electrons. The van der Waals surface area contributed by atoms with Gasteiger partial charge in [0.05, 0.1) is 6.61 Å². The standard InChI is InChI=1S/C21H21N3O3/c22-20(25)24-9-7-21(8-10-24)26-13-15-11-14(5-6-19(15)27-21)17-12-23-18-4-2-1-3-16(17)18/h1-6,11-12,23H,7-10,13H2,(H2,22,25). The van der Waals surface area contributed by atoms with E-state index in [9.17, 15) is 4.79 Å². The second-order valence-electron chi connectivity index (χ2n) is 7.20. The van der Waals surface area contributed by atoms with Crippen molar-refractivity contribution in [1.29, 1.82) is 0 Å². The zero-order valence-electron chi connectivity index (χ0n) is 14.9. The molecule has 0 bridgehead atoms. The molecule has 1 fully saturated rings. The topological polar surface area (TPSA) is 80.6 Å². The number of hydrogen-bond acceptors (Lipinski definition) is 3. The second-order valence-corrected chi connectivity index (χ2v) is 7.20. The van der Waals surface area contributed by atoms with Gasteiger partial charge in [-0.1, -0.05) is 24.3 Å². The number of nitrogens with two attached hydrogens (primary N) is 1. The van der Waals surface area contributed by atoms with E-state index in [0.717, 1.165) is 22.4 Å². The molecule has 27 heavy (non-hydrogen) atoms. The predicted octanol–water partition coefficient (Wildman–Crippen LogP) is 3.61. The number of piperidine rings is 1. The summed E-state index contributed by atoms with van der Waals surface area (Å²) in [5, 5.41) is 1.20. The van der Waals surface area contributed by atoms with Crippen molar-refractivity contribution in [3.8, 4) is 16.9 Å². The summed E-state index contributed by atoms with van der Waals surface area (Å²) < 4.78 is 12.4. The van der Waals surface area contributed by atoms with Crippen LogP contribution in [-0.4, -0.2) is 34.8 Å². The summed E-state index contributed by atoms with van der Waals surface area (Å²) >= 11 is 0. The number of carbonyl (C=O) groups excluding carboxylic acids is 1. The number of rotatable bonds is 1. The van der Waals surface area contributed by atoms with E-state index in [4.69, 9.17) is 15.2 Å². The summed E-state index contributed by atoms with van der Waals surface area (Å²) in [5.74, 6) is 0.207. The molecule has 3 heterocycles. The number of nitrogens with one attached hydrogen (secondary N) is 1. The lowest BCUT2D eigenvalue weighted by molar-refractivity contribution is -0.225. The van der Waals surface area contributed by atoms with Crippen molar-refractivity contribution in [3.05, 3.63) is 54.2 Å². The lowest BCUT2D eigenvalue weighted by atomic mass is 9.99. The molecule has 1 saturated heterocycles. The minimum atomic E-state index is -0.652. The molecule has 6 nitrogen and oxygen atoms in total. The Balaban J connectivity index is 1.41. The lowest BCUT2D eigenvalue weighted by Gasteiger charge is -2.43. The number of primary amides is 1. The van der Waals surface area contributed by atoms with Crippen molar-refractivity contribution in [2.45, 2.75) is 25.2 Å². The highest BCUT2D eigenvalue weighted by Crippen LogP contribution is 2.40. The molecule has 3 N–H and O–H groups in total. The third-order valence-electron chi connectivity index (χ3n) is 5.58. The molecule has 6 heteroatoms. The molecule has 2 amide bonds. The molecular weight excluding hydrogens is 342 g/mol. The van der Waals surface area contributed by atoms with E-state index >= 15 is 0 Å². The number of carbonyl (C=O) groups is 1. The van der Waals surface area contributed by atoms with E-state index in [-0.39, 0.29) is 6.03 Å². The number of fused-ring (bicyclic) bond motifs is 2. The summed E-state index contributed by atoms with van der Waals surface area (Å²) in [6.45, 7) is 1.61. The Labute approximate surface area is 156 Å². The van der Waals surface area contributed by atoms with Crippen LogP contribution in [0.2, 0.25) is 0 Å². The third kappa shape index (κ3) is 2.73. The molecular formula is C21H21N3O3. The quantitative estimate of drug-likeness (QED) is 0.693. The predicted molar refractivity (Wildman–Crippen MR) is 102 cm³/mol. The number of ether oxygens (including phenoxy) is 2. The maximum Gasteiger partial charge on any atom is 0.314 e. The zero-order valence-corrected chi connectivity index (χ0v) is 14.9. The van der Waals surface area contributed by atoms with Crippen LogP contribution in [0.5, 0.6) is 5.75 Å². The Morgan fingerprint density at radius 2 is 1.96 bits per heavy atom. The molecule has 1 aromatic heterocycles. The van der Waals surface area contributed by atoms with Crippen LogP contribution in [-0.2, 0) is 11.3 Å². The van der Waals surface area contributed by atoms with Crippen molar-refractivity contribution in [2.24, 2.45) is 5.73 Å². The fourth-order valence-corrected chi connectivity index (χ4v) is 4.02. The molecule has 1 spiro atoms. The van der Waals surface area contributed by atoms with Gasteiger partial charge in [-0.3, -0.25) is 0 Å². The number of para-hydroxylation sites is 1. The van der Waals surface area contributed by atoms with Gasteiger partial charge < -0.3 is 25.1 Å². The molecule has 0 radical (unpaired) electrons. The molecule has 0 saturated carbocycles. The molecule has 2 aromatic carbocycles. The van der Waals surface area contributed by atoms with Gasteiger partial charge in [0.2, 0.25) is 5.79 Å². The molecule has 3 aromatic rings. The number of urea groups is 1. The first-order valence-corrected chi connectivity index (χ1v) is 9.20. The van der Waals surface area contributed by atoms with Gasteiger partial charge >= 0.3 is 6.03 Å². The molecule has 0 atom stereocenters. The van der Waals surface area contributed by atoms with Gasteiger partial charge in [0.15, 0.2) is 0 Å². The number of aromatic nitrogens is 1. The number of amides is 2. The Morgan fingerprint density at radius 1 is 1.15 bits per heavy atom. The van der Waals surface area contributed by atoms with Gasteiger partial charge in [0.25, 0.3) is 0 Å². The number of hydrogen-bond donors (Lipinski definition) is 2. The van der Waals surface area contributed by atoms with Gasteiger partial charge in [-0.05, 0) is 23.8 Å². The maximum absolute atomic E-state index is 11.3. The monoisotopic (exact) mass is 363 g/mol. The largest absolute Gasteiger partial charge is 0.462 e. The fraction of sp³-hybridized carbons (Fsp3) is 0.286. The first-order chi connectivity index (χ1) is 13.1. The van der Waals surface area contributed by atoms with Crippen LogP contribution in [0.1, 0.15) is 18.4 Å². The van der Waals surface area contributed by atoms with Gasteiger partial charge in [-0.15, -0.1) is 0 Å². The summed E-state index contributed by atoms with van der Waals surface area (Å²) in [7, 11) is 0. The van der Waals surface area contributed by atoms with Crippen LogP contribution < -0.4 is 10.5 Å². The number of aromatic amines is 1. The van der Waals surface area contributed by atoms with E-state index in [1.807, 2.05) is 24.4 Å². The van der Waals surface area contributed by atoms with Gasteiger partial charge in [-0.2, -0.15) is 0 Å². The SMILES string of the molecule is NC(=O)N1CCC2(CC1)OCc1cc(-c3c[nH]c4ccccc34)ccc1O2. The molecule has 2 aliphatic heterocycles. The van der Waals surface area contributed by atoms with E-state index in [1.54, 1.807) is 4.90 Å². The van der Waals surface area contributed by atoms with E-state index in [2.05, 4.69) is 29.2 Å². The number of nitrogens with zero attached hydrogens (tertiary/aromatic N) is 1. The Hall–Kier alpha value is -2.99. The van der Waals surface area contributed by atoms with Crippen LogP contribution in [0.3, 0.4) is 0 Å². The van der Waals surface area contributed by atoms with Crippen molar-refractivity contribution in [1.82, 2.24) is 9.88 Å². The maximum atomic E-state index is 11.3. The molecule has 0 aliphatic carbocycles. The van der Waals surface area contributed by atoms with Gasteiger partial charge in [0, 0.05) is 54.2 Å². The average molecular weight is 363 g/mol. The van der Waals surface area contributed by atoms with Gasteiger partial charge in [0.1, 0.15) is 5.75 Å². The zero-order chi connectivity index (χ0) is 18.4. The highest BCUT2D eigenvalue weighted by molar-refractivity contribution is 5.95. The number of H-pyrrole nitrogens is 1. The lowest BCUT2D eigenvalue weighted by Crippen LogP contribution is -2.53. The van der Waals surface area contributed by atoms with Crippen molar-refractivity contribution < 1.29 is 14.3 Å². The Kier molecular flexibility index (Phi) is 3.62. The van der Waals surface area contributed by atoms with Crippen LogP contribution in [0.15, 0.2) is 48.7 Å². The van der Waals surface area contributed by atoms with Crippen molar-refractivity contribution >= 4 is 16.9 Å². The summed E-state index contributed by atoms with van der Waals surface area (Å²) in [6.07, 6.45) is 3.29. The molecule has 2 aliphatic rings. The van der Waals surface area contributed by atoms with Crippen LogP contribution >= 0.6 is 0 Å². The highest BCUT2D eigenvalue weighted by atomic mass is 16.7. The number of benzene rings is 2. The third-order valence-corrected chi connectivity index (χ3v) is 5.58. The smallest absolute Gasteiger partial charge is 0.314 e. The summed E-state index contributed by atoms with van der Waals surface area (Å²) in [5.41, 5.74) is 9.84. The van der Waals surface area contributed by atoms with Gasteiger partial charge in [-0.25, -0.2) is 4.79 Å². The molecule has 5 rings (SSSR count). The number of likely N-dealkylation sites (tertiary alicyclic amines) is 1. The Morgan fingerprint density at radius 3 is 2.78 bits per heavy atom. The van der Waals surface area contributed by atoms with Crippen LogP contribution in [0.4, 0.5) is 4.79 Å². The van der Waals surface area contributed by atoms with E-state index < -0.39 is 5.79 Å². The summed E-state index contributed by atoms with van der Waals surface area (Å²) in [4.78, 5) is 16.3. The normalized spacial score (nSPS) is 18.3. The fourth-order valence-electron chi connectivity index (χ4n) is 4.02. The van der Waals surface area contributed by atoms with E-state index in [1.165, 1.54) is 10.9 Å². The minimum Gasteiger partial charge on any atom is -0.462 e. The average Bonchev–Trinajstić information content (AvgIpc) is 3.12.